The molecule has 1 amide bonds. The van der Waals surface area contributed by atoms with Crippen LogP contribution in [0, 0.1) is 19.7 Å². The number of hydrogen-bond donors (Lipinski definition) is 2. The van der Waals surface area contributed by atoms with Gasteiger partial charge in [0.15, 0.2) is 0 Å². The Morgan fingerprint density at radius 3 is 2.97 bits per heavy atom. The van der Waals surface area contributed by atoms with Crippen LogP contribution in [-0.2, 0) is 13.0 Å². The van der Waals surface area contributed by atoms with Gasteiger partial charge >= 0.3 is 0 Å². The van der Waals surface area contributed by atoms with E-state index in [2.05, 4.69) is 21.9 Å². The maximum Gasteiger partial charge on any atom is 0.265 e. The summed E-state index contributed by atoms with van der Waals surface area (Å²) in [4.78, 5) is 32.9. The van der Waals surface area contributed by atoms with Crippen molar-refractivity contribution < 1.29 is 13.6 Å². The lowest BCUT2D eigenvalue weighted by Crippen LogP contribution is -2.28. The van der Waals surface area contributed by atoms with Gasteiger partial charge in [0.05, 0.1) is 5.56 Å². The Labute approximate surface area is 171 Å². The number of aromatic nitrogens is 3. The summed E-state index contributed by atoms with van der Waals surface area (Å²) in [6.45, 7) is 7.76. The van der Waals surface area contributed by atoms with Crippen LogP contribution in [0.1, 0.15) is 27.4 Å². The lowest BCUT2D eigenvalue weighted by Gasteiger charge is -2.06. The molecule has 0 aliphatic heterocycles. The van der Waals surface area contributed by atoms with Crippen LogP contribution < -0.4 is 10.9 Å². The predicted molar refractivity (Wildman–Crippen MR) is 112 cm³/mol. The Morgan fingerprint density at radius 1 is 1.40 bits per heavy atom. The van der Waals surface area contributed by atoms with Crippen molar-refractivity contribution >= 4 is 27.9 Å². The van der Waals surface area contributed by atoms with Gasteiger partial charge in [-0.15, -0.1) is 6.58 Å². The van der Waals surface area contributed by atoms with Crippen molar-refractivity contribution in [3.05, 3.63) is 75.9 Å². The average Bonchev–Trinajstić information content (AvgIpc) is 3.20. The first kappa shape index (κ1) is 19.6. The molecule has 0 fully saturated rings. The molecule has 0 bridgehead atoms. The van der Waals surface area contributed by atoms with Crippen molar-refractivity contribution in [3.63, 3.8) is 0 Å². The summed E-state index contributed by atoms with van der Waals surface area (Å²) in [6, 6.07) is 4.59. The van der Waals surface area contributed by atoms with E-state index in [1.807, 2.05) is 6.92 Å². The number of halogens is 1. The fraction of sp³-hybridized carbons (Fsp3) is 0.227. The number of H-pyrrole nitrogens is 1. The Hall–Kier alpha value is -3.68. The summed E-state index contributed by atoms with van der Waals surface area (Å²) in [5, 5.41) is 3.79. The van der Waals surface area contributed by atoms with Crippen molar-refractivity contribution in [2.24, 2.45) is 0 Å². The lowest BCUT2D eigenvalue weighted by atomic mass is 10.1. The number of aromatic amines is 1. The molecule has 2 N–H and O–H groups in total. The number of benzene rings is 1. The fourth-order valence-electron chi connectivity index (χ4n) is 3.75. The molecule has 7 nitrogen and oxygen atoms in total. The summed E-state index contributed by atoms with van der Waals surface area (Å²) in [7, 11) is 0. The van der Waals surface area contributed by atoms with Gasteiger partial charge in [-0.05, 0) is 44.0 Å². The van der Waals surface area contributed by atoms with Crippen molar-refractivity contribution in [1.29, 1.82) is 0 Å². The summed E-state index contributed by atoms with van der Waals surface area (Å²) in [6.07, 6.45) is 3.46. The molecule has 4 aromatic rings. The molecular weight excluding hydrogens is 387 g/mol. The molecule has 0 aliphatic rings. The largest absolute Gasteiger partial charge is 0.442 e. The topological polar surface area (TPSA) is 92.9 Å². The van der Waals surface area contributed by atoms with E-state index in [0.717, 1.165) is 22.2 Å². The third-order valence-electron chi connectivity index (χ3n) is 5.15. The number of fused-ring (bicyclic) bond motifs is 2. The standard InChI is InChI=1S/C22H21FN4O3/c1-4-9-27-11-25-21-19(22(27)29)18(13(3)30-21)20(28)24-8-7-15-12(2)26-17-6-5-14(23)10-16(15)17/h4-6,10-11,26H,1,7-9H2,2-3H3,(H,24,28). The molecule has 0 spiro atoms. The number of aryl methyl sites for hydroxylation is 2. The number of nitrogens with zero attached hydrogens (tertiary/aromatic N) is 2. The van der Waals surface area contributed by atoms with Crippen molar-refractivity contribution in [2.75, 3.05) is 6.54 Å². The summed E-state index contributed by atoms with van der Waals surface area (Å²) < 4.78 is 20.5. The minimum atomic E-state index is -0.412. The van der Waals surface area contributed by atoms with Gasteiger partial charge in [-0.25, -0.2) is 9.37 Å². The maximum atomic E-state index is 13.6. The Kier molecular flexibility index (Phi) is 4.99. The van der Waals surface area contributed by atoms with Crippen LogP contribution >= 0.6 is 0 Å². The van der Waals surface area contributed by atoms with Crippen LogP contribution in [0.15, 0.2) is 46.4 Å². The van der Waals surface area contributed by atoms with Crippen LogP contribution in [0.5, 0.6) is 0 Å². The van der Waals surface area contributed by atoms with Gasteiger partial charge in [0.25, 0.3) is 11.5 Å². The van der Waals surface area contributed by atoms with Gasteiger partial charge in [0.1, 0.15) is 23.3 Å². The van der Waals surface area contributed by atoms with E-state index in [1.54, 1.807) is 19.1 Å². The van der Waals surface area contributed by atoms with Gasteiger partial charge < -0.3 is 14.7 Å². The molecule has 0 saturated heterocycles. The van der Waals surface area contributed by atoms with Gasteiger partial charge in [-0.2, -0.15) is 0 Å². The number of amides is 1. The highest BCUT2D eigenvalue weighted by Crippen LogP contribution is 2.24. The first-order valence-electron chi connectivity index (χ1n) is 9.55. The zero-order valence-electron chi connectivity index (χ0n) is 16.7. The summed E-state index contributed by atoms with van der Waals surface area (Å²) >= 11 is 0. The molecule has 0 saturated carbocycles. The Morgan fingerprint density at radius 2 is 2.20 bits per heavy atom. The third-order valence-corrected chi connectivity index (χ3v) is 5.15. The van der Waals surface area contributed by atoms with Crippen LogP contribution in [0.4, 0.5) is 4.39 Å². The number of carbonyl (C=O) groups excluding carboxylic acids is 1. The van der Waals surface area contributed by atoms with Crippen molar-refractivity contribution in [3.8, 4) is 0 Å². The van der Waals surface area contributed by atoms with E-state index in [-0.39, 0.29) is 34.6 Å². The molecule has 0 radical (unpaired) electrons. The van der Waals surface area contributed by atoms with E-state index < -0.39 is 5.91 Å². The van der Waals surface area contributed by atoms with Crippen molar-refractivity contribution in [1.82, 2.24) is 19.9 Å². The zero-order chi connectivity index (χ0) is 21.4. The number of nitrogens with one attached hydrogen (secondary N) is 2. The fourth-order valence-corrected chi connectivity index (χ4v) is 3.75. The normalized spacial score (nSPS) is 11.3. The SMILES string of the molecule is C=CCn1cnc2oc(C)c(C(=O)NCCc3c(C)[nH]c4ccc(F)cc34)c2c1=O. The number of furan rings is 1. The van der Waals surface area contributed by atoms with E-state index in [0.29, 0.717) is 18.7 Å². The van der Waals surface area contributed by atoms with Gasteiger partial charge in [-0.3, -0.25) is 14.2 Å². The molecule has 0 aliphatic carbocycles. The molecule has 8 heteroatoms. The van der Waals surface area contributed by atoms with Crippen LogP contribution in [-0.4, -0.2) is 27.0 Å². The van der Waals surface area contributed by atoms with Gasteiger partial charge in [0.2, 0.25) is 5.71 Å². The quantitative estimate of drug-likeness (QED) is 0.478. The molecule has 3 aromatic heterocycles. The minimum Gasteiger partial charge on any atom is -0.442 e. The maximum absolute atomic E-state index is 13.6. The highest BCUT2D eigenvalue weighted by atomic mass is 19.1. The van der Waals surface area contributed by atoms with Gasteiger partial charge in [-0.1, -0.05) is 6.08 Å². The zero-order valence-corrected chi connectivity index (χ0v) is 16.7. The predicted octanol–water partition coefficient (Wildman–Crippen LogP) is 3.39. The van der Waals surface area contributed by atoms with Crippen LogP contribution in [0.2, 0.25) is 0 Å². The van der Waals surface area contributed by atoms with E-state index in [9.17, 15) is 14.0 Å². The number of allylic oxidation sites excluding steroid dienone is 1. The number of carbonyl (C=O) groups is 1. The van der Waals surface area contributed by atoms with E-state index >= 15 is 0 Å². The molecule has 3 heterocycles. The van der Waals surface area contributed by atoms with E-state index in [4.69, 9.17) is 4.42 Å². The molecule has 0 atom stereocenters. The van der Waals surface area contributed by atoms with Crippen LogP contribution in [0.3, 0.4) is 0 Å². The Bertz CT molecular complexity index is 1350. The second kappa shape index (κ2) is 7.62. The molecule has 1 aromatic carbocycles. The minimum absolute atomic E-state index is 0.130. The van der Waals surface area contributed by atoms with Gasteiger partial charge in [0, 0.05) is 29.7 Å². The smallest absolute Gasteiger partial charge is 0.265 e. The number of rotatable bonds is 6. The molecular formula is C22H21FN4O3. The average molecular weight is 408 g/mol. The first-order chi connectivity index (χ1) is 14.4. The molecule has 30 heavy (non-hydrogen) atoms. The summed E-state index contributed by atoms with van der Waals surface area (Å²) in [5.74, 6) is -0.394. The van der Waals surface area contributed by atoms with E-state index in [1.165, 1.54) is 23.0 Å². The lowest BCUT2D eigenvalue weighted by molar-refractivity contribution is 0.0954. The summed E-state index contributed by atoms with van der Waals surface area (Å²) in [5.41, 5.74) is 2.67. The highest BCUT2D eigenvalue weighted by molar-refractivity contribution is 6.06. The third kappa shape index (κ3) is 3.30. The highest BCUT2D eigenvalue weighted by Gasteiger charge is 2.22. The monoisotopic (exact) mass is 408 g/mol. The van der Waals surface area contributed by atoms with Crippen molar-refractivity contribution in [2.45, 2.75) is 26.8 Å². The number of hydrogen-bond acceptors (Lipinski definition) is 4. The molecule has 0 unspecified atom stereocenters. The van der Waals surface area contributed by atoms with Crippen LogP contribution in [0.25, 0.3) is 22.0 Å². The molecule has 4 rings (SSSR count). The second-order valence-corrected chi connectivity index (χ2v) is 7.13. The first-order valence-corrected chi connectivity index (χ1v) is 9.55. The Balaban J connectivity index is 1.59. The second-order valence-electron chi connectivity index (χ2n) is 7.13. The molecule has 154 valence electrons.